The Bertz CT molecular complexity index is 1020. The van der Waals surface area contributed by atoms with E-state index in [2.05, 4.69) is 56.9 Å². The first-order valence-electron chi connectivity index (χ1n) is 13.1. The molecule has 0 bridgehead atoms. The molecule has 35 heavy (non-hydrogen) atoms. The van der Waals surface area contributed by atoms with Crippen molar-refractivity contribution in [3.63, 3.8) is 0 Å². The topological polar surface area (TPSA) is 43.7 Å². The fraction of sp³-hybridized carbons (Fsp3) is 0.438. The minimum Gasteiger partial charge on any atom is -0.380 e. The van der Waals surface area contributed by atoms with Crippen LogP contribution in [0.25, 0.3) is 0 Å². The summed E-state index contributed by atoms with van der Waals surface area (Å²) in [5.74, 6) is 0.0182. The Morgan fingerprint density at radius 3 is 1.86 bits per heavy atom. The van der Waals surface area contributed by atoms with Gasteiger partial charge >= 0.3 is 0 Å². The number of benzene rings is 3. The van der Waals surface area contributed by atoms with E-state index >= 15 is 0 Å². The van der Waals surface area contributed by atoms with Crippen molar-refractivity contribution in [3.05, 3.63) is 107 Å². The molecule has 3 heteroatoms. The van der Waals surface area contributed by atoms with Crippen molar-refractivity contribution in [2.45, 2.75) is 76.7 Å². The van der Waals surface area contributed by atoms with Gasteiger partial charge in [-0.15, -0.1) is 0 Å². The zero-order valence-corrected chi connectivity index (χ0v) is 21.7. The summed E-state index contributed by atoms with van der Waals surface area (Å²) in [5.41, 5.74) is 3.38. The van der Waals surface area contributed by atoms with Gasteiger partial charge in [0, 0.05) is 12.6 Å². The third-order valence-corrected chi connectivity index (χ3v) is 7.75. The van der Waals surface area contributed by atoms with Gasteiger partial charge in [0.2, 0.25) is 0 Å². The van der Waals surface area contributed by atoms with Gasteiger partial charge in [-0.05, 0) is 52.8 Å². The van der Waals surface area contributed by atoms with Gasteiger partial charge in [0.15, 0.2) is 0 Å². The van der Waals surface area contributed by atoms with E-state index in [0.29, 0.717) is 0 Å². The van der Waals surface area contributed by atoms with Crippen LogP contribution in [0.5, 0.6) is 0 Å². The van der Waals surface area contributed by atoms with E-state index < -0.39 is 11.8 Å². The number of hydrogen-bond acceptors (Lipinski definition) is 3. The molecule has 0 saturated carbocycles. The average Bonchev–Trinajstić information content (AvgIpc) is 2.88. The quantitative estimate of drug-likeness (QED) is 0.399. The second-order valence-corrected chi connectivity index (χ2v) is 11.1. The first-order valence-corrected chi connectivity index (χ1v) is 13.1. The summed E-state index contributed by atoms with van der Waals surface area (Å²) in [6, 6.07) is 29.1. The number of hydrogen-bond donors (Lipinski definition) is 2. The summed E-state index contributed by atoms with van der Waals surface area (Å²) in [6.45, 7) is 9.56. The second kappa shape index (κ2) is 10.7. The SMILES string of the molecule is CCCC(O)N1CCC(C(O)(c2ccccc2)c2ccccc2)CC1c1ccc(C(C)(C)C)cc1. The minimum absolute atomic E-state index is 0.0182. The number of aliphatic hydroxyl groups is 2. The standard InChI is InChI=1S/C32H41NO2/c1-5-12-30(34)33-22-21-28(23-29(33)24-17-19-25(20-18-24)31(2,3)4)32(35,26-13-8-6-9-14-26)27-15-10-7-11-16-27/h6-11,13-20,28-30,34-35H,5,12,21-23H2,1-4H3. The molecule has 0 radical (unpaired) electrons. The third kappa shape index (κ3) is 5.38. The molecule has 3 unspecified atom stereocenters. The number of likely N-dealkylation sites (tertiary alicyclic amines) is 1. The van der Waals surface area contributed by atoms with E-state index in [4.69, 9.17) is 0 Å². The lowest BCUT2D eigenvalue weighted by Crippen LogP contribution is -2.48. The van der Waals surface area contributed by atoms with Crippen LogP contribution in [0.4, 0.5) is 0 Å². The smallest absolute Gasteiger partial charge is 0.118 e. The third-order valence-electron chi connectivity index (χ3n) is 7.75. The normalized spacial score (nSPS) is 20.5. The lowest BCUT2D eigenvalue weighted by molar-refractivity contribution is -0.0893. The summed E-state index contributed by atoms with van der Waals surface area (Å²) >= 11 is 0. The van der Waals surface area contributed by atoms with Gasteiger partial charge in [0.05, 0.1) is 0 Å². The van der Waals surface area contributed by atoms with E-state index in [1.807, 2.05) is 60.7 Å². The van der Waals surface area contributed by atoms with Crippen molar-refractivity contribution in [1.82, 2.24) is 4.90 Å². The molecule has 3 aromatic carbocycles. The molecule has 186 valence electrons. The summed E-state index contributed by atoms with van der Waals surface area (Å²) in [7, 11) is 0. The van der Waals surface area contributed by atoms with Gasteiger partial charge in [-0.3, -0.25) is 4.90 Å². The Morgan fingerprint density at radius 2 is 1.37 bits per heavy atom. The van der Waals surface area contributed by atoms with Crippen molar-refractivity contribution in [3.8, 4) is 0 Å². The fourth-order valence-electron chi connectivity index (χ4n) is 5.70. The Balaban J connectivity index is 1.74. The number of rotatable bonds is 7. The van der Waals surface area contributed by atoms with Gasteiger partial charge in [0.25, 0.3) is 0 Å². The maximum absolute atomic E-state index is 12.4. The molecule has 3 aromatic rings. The Morgan fingerprint density at radius 1 is 0.829 bits per heavy atom. The second-order valence-electron chi connectivity index (χ2n) is 11.1. The van der Waals surface area contributed by atoms with E-state index in [1.54, 1.807) is 0 Å². The summed E-state index contributed by atoms with van der Waals surface area (Å²) < 4.78 is 0. The molecule has 1 saturated heterocycles. The monoisotopic (exact) mass is 471 g/mol. The van der Waals surface area contributed by atoms with Crippen LogP contribution in [0.2, 0.25) is 0 Å². The van der Waals surface area contributed by atoms with Crippen molar-refractivity contribution in [2.24, 2.45) is 5.92 Å². The summed E-state index contributed by atoms with van der Waals surface area (Å²) in [5, 5.41) is 23.5. The van der Waals surface area contributed by atoms with Crippen molar-refractivity contribution < 1.29 is 10.2 Å². The molecule has 1 heterocycles. The zero-order chi connectivity index (χ0) is 25.1. The van der Waals surface area contributed by atoms with E-state index in [9.17, 15) is 10.2 Å². The molecule has 1 aliphatic rings. The van der Waals surface area contributed by atoms with Crippen LogP contribution >= 0.6 is 0 Å². The van der Waals surface area contributed by atoms with Crippen LogP contribution < -0.4 is 0 Å². The number of aliphatic hydroxyl groups excluding tert-OH is 1. The highest BCUT2D eigenvalue weighted by Gasteiger charge is 2.45. The van der Waals surface area contributed by atoms with Gasteiger partial charge < -0.3 is 10.2 Å². The van der Waals surface area contributed by atoms with Crippen molar-refractivity contribution in [1.29, 1.82) is 0 Å². The van der Waals surface area contributed by atoms with Gasteiger partial charge in [-0.2, -0.15) is 0 Å². The predicted molar refractivity (Wildman–Crippen MR) is 144 cm³/mol. The molecular weight excluding hydrogens is 430 g/mol. The van der Waals surface area contributed by atoms with Gasteiger partial charge in [-0.1, -0.05) is 119 Å². The molecule has 3 atom stereocenters. The molecule has 1 fully saturated rings. The molecule has 4 rings (SSSR count). The number of piperidine rings is 1. The van der Waals surface area contributed by atoms with Crippen LogP contribution in [0.3, 0.4) is 0 Å². The van der Waals surface area contributed by atoms with Crippen LogP contribution in [0, 0.1) is 5.92 Å². The molecule has 0 spiro atoms. The van der Waals surface area contributed by atoms with Crippen molar-refractivity contribution >= 4 is 0 Å². The van der Waals surface area contributed by atoms with Crippen LogP contribution in [0.15, 0.2) is 84.9 Å². The molecule has 0 aliphatic carbocycles. The van der Waals surface area contributed by atoms with E-state index in [-0.39, 0.29) is 17.4 Å². The predicted octanol–water partition coefficient (Wildman–Crippen LogP) is 6.79. The lowest BCUT2D eigenvalue weighted by atomic mass is 9.69. The Kier molecular flexibility index (Phi) is 7.80. The maximum atomic E-state index is 12.4. The Labute approximate surface area is 211 Å². The van der Waals surface area contributed by atoms with Crippen LogP contribution in [0.1, 0.15) is 81.7 Å². The largest absolute Gasteiger partial charge is 0.380 e. The lowest BCUT2D eigenvalue weighted by Gasteiger charge is -2.47. The van der Waals surface area contributed by atoms with Crippen LogP contribution in [-0.4, -0.2) is 27.9 Å². The number of nitrogens with zero attached hydrogens (tertiary/aromatic N) is 1. The minimum atomic E-state index is -1.09. The fourth-order valence-corrected chi connectivity index (χ4v) is 5.70. The molecule has 3 nitrogen and oxygen atoms in total. The highest BCUT2D eigenvalue weighted by molar-refractivity contribution is 5.38. The maximum Gasteiger partial charge on any atom is 0.118 e. The van der Waals surface area contributed by atoms with Gasteiger partial charge in [0.1, 0.15) is 11.8 Å². The van der Waals surface area contributed by atoms with E-state index in [0.717, 1.165) is 43.4 Å². The van der Waals surface area contributed by atoms with Crippen molar-refractivity contribution in [2.75, 3.05) is 6.54 Å². The van der Waals surface area contributed by atoms with Crippen LogP contribution in [-0.2, 0) is 11.0 Å². The van der Waals surface area contributed by atoms with E-state index in [1.165, 1.54) is 11.1 Å². The summed E-state index contributed by atoms with van der Waals surface area (Å²) in [6.07, 6.45) is 2.81. The average molecular weight is 472 g/mol. The first kappa shape index (κ1) is 25.6. The zero-order valence-electron chi connectivity index (χ0n) is 21.7. The first-order chi connectivity index (χ1) is 16.7. The molecular formula is C32H41NO2. The highest BCUT2D eigenvalue weighted by Crippen LogP contribution is 2.47. The Hall–Kier alpha value is -2.46. The molecule has 0 amide bonds. The van der Waals surface area contributed by atoms with Gasteiger partial charge in [-0.25, -0.2) is 0 Å². The molecule has 0 aromatic heterocycles. The molecule has 2 N–H and O–H groups in total. The summed E-state index contributed by atoms with van der Waals surface area (Å²) in [4.78, 5) is 2.25. The molecule has 1 aliphatic heterocycles. The highest BCUT2D eigenvalue weighted by atomic mass is 16.3.